The van der Waals surface area contributed by atoms with Crippen molar-refractivity contribution in [2.45, 2.75) is 10.8 Å². The Morgan fingerprint density at radius 3 is 1.17 bits per heavy atom. The highest BCUT2D eigenvalue weighted by molar-refractivity contribution is 6.08. The lowest BCUT2D eigenvalue weighted by molar-refractivity contribution is 0.753. The van der Waals surface area contributed by atoms with E-state index in [1.165, 1.54) is 100 Å². The van der Waals surface area contributed by atoms with Gasteiger partial charge in [-0.2, -0.15) is 0 Å². The number of anilines is 3. The predicted molar refractivity (Wildman–Crippen MR) is 286 cm³/mol. The van der Waals surface area contributed by atoms with Crippen LogP contribution in [0.2, 0.25) is 0 Å². The van der Waals surface area contributed by atoms with Gasteiger partial charge in [-0.15, -0.1) is 0 Å². The molecule has 1 spiro atoms. The van der Waals surface area contributed by atoms with E-state index in [0.29, 0.717) is 0 Å². The summed E-state index contributed by atoms with van der Waals surface area (Å²) in [5.74, 6) is 0. The maximum atomic E-state index is 2.66. The smallest absolute Gasteiger partial charge is 0.0726 e. The highest BCUT2D eigenvalue weighted by Gasteiger charge is 2.56. The lowest BCUT2D eigenvalue weighted by Gasteiger charge is -2.36. The first-order valence-corrected chi connectivity index (χ1v) is 24.1. The fourth-order valence-electron chi connectivity index (χ4n) is 12.7. The topological polar surface area (TPSA) is 3.24 Å². The van der Waals surface area contributed by atoms with Crippen molar-refractivity contribution in [3.63, 3.8) is 0 Å². The van der Waals surface area contributed by atoms with Gasteiger partial charge in [-0.05, 0) is 137 Å². The lowest BCUT2D eigenvalue weighted by atomic mass is 9.65. The van der Waals surface area contributed by atoms with E-state index < -0.39 is 10.8 Å². The highest BCUT2D eigenvalue weighted by atomic mass is 15.1. The fourth-order valence-corrected chi connectivity index (χ4v) is 12.7. The van der Waals surface area contributed by atoms with Crippen molar-refractivity contribution >= 4 is 17.1 Å². The Hall–Kier alpha value is -8.78. The van der Waals surface area contributed by atoms with Gasteiger partial charge in [0.1, 0.15) is 0 Å². The summed E-state index contributed by atoms with van der Waals surface area (Å²) in [7, 11) is 0. The van der Waals surface area contributed by atoms with Crippen LogP contribution < -0.4 is 4.90 Å². The zero-order valence-corrected chi connectivity index (χ0v) is 37.9. The number of rotatable bonds is 7. The number of hydrogen-bond acceptors (Lipinski definition) is 1. The summed E-state index contributed by atoms with van der Waals surface area (Å²) in [5.41, 5.74) is 25.1. The van der Waals surface area contributed by atoms with Crippen molar-refractivity contribution in [1.82, 2.24) is 0 Å². The molecule has 0 fully saturated rings. The molecule has 0 heterocycles. The predicted octanol–water partition coefficient (Wildman–Crippen LogP) is 17.2. The van der Waals surface area contributed by atoms with Crippen LogP contribution in [0.25, 0.3) is 55.6 Å². The number of hydrogen-bond donors (Lipinski definition) is 0. The molecular weight excluding hydrogens is 831 g/mol. The molecule has 69 heavy (non-hydrogen) atoms. The van der Waals surface area contributed by atoms with Crippen LogP contribution in [0.1, 0.15) is 44.5 Å². The molecule has 0 aliphatic heterocycles. The molecule has 11 aromatic carbocycles. The number of benzene rings is 11. The molecular formula is C68H45N. The minimum atomic E-state index is -0.639. The van der Waals surface area contributed by atoms with Gasteiger partial charge in [0.05, 0.1) is 10.8 Å². The van der Waals surface area contributed by atoms with Crippen LogP contribution in [-0.2, 0) is 10.8 Å². The first-order chi connectivity index (χ1) is 34.3. The van der Waals surface area contributed by atoms with Gasteiger partial charge in [0.2, 0.25) is 0 Å². The maximum absolute atomic E-state index is 2.66. The Kier molecular flexibility index (Phi) is 8.78. The standard InChI is InChI=1S/C68H45N/c1-6-22-46(23-7-1)47-38-40-52(41-39-47)69(51-30-14-5-15-31-51)53-42-43-57-61(44-53)68(58-35-19-16-32-54(58)55-33-17-20-36-59(55)68)63-45-62-65(64(66(57)63)48-24-8-2-9-25-48)56-34-18-21-37-60(56)67(62,49-26-10-3-11-27-49)50-28-12-4-13-29-50/h1-45H. The largest absolute Gasteiger partial charge is 0.310 e. The Bertz CT molecular complexity index is 3660. The molecule has 0 radical (unpaired) electrons. The monoisotopic (exact) mass is 875 g/mol. The average Bonchev–Trinajstić information content (AvgIpc) is 4.02. The van der Waals surface area contributed by atoms with Crippen LogP contribution in [0, 0.1) is 0 Å². The molecule has 3 aliphatic carbocycles. The van der Waals surface area contributed by atoms with Crippen molar-refractivity contribution in [3.05, 3.63) is 317 Å². The molecule has 0 amide bonds. The van der Waals surface area contributed by atoms with Gasteiger partial charge in [-0.25, -0.2) is 0 Å². The molecule has 0 atom stereocenters. The second-order valence-corrected chi connectivity index (χ2v) is 18.6. The highest BCUT2D eigenvalue weighted by Crippen LogP contribution is 2.69. The average molecular weight is 876 g/mol. The second-order valence-electron chi connectivity index (χ2n) is 18.6. The zero-order valence-electron chi connectivity index (χ0n) is 37.9. The zero-order chi connectivity index (χ0) is 45.5. The summed E-state index contributed by atoms with van der Waals surface area (Å²) in [6.45, 7) is 0. The molecule has 0 saturated carbocycles. The van der Waals surface area contributed by atoms with E-state index >= 15 is 0 Å². The molecule has 0 saturated heterocycles. The molecule has 0 bridgehead atoms. The minimum Gasteiger partial charge on any atom is -0.310 e. The van der Waals surface area contributed by atoms with Gasteiger partial charge < -0.3 is 4.90 Å². The number of para-hydroxylation sites is 1. The molecule has 0 aromatic heterocycles. The second kappa shape index (κ2) is 15.4. The summed E-state index contributed by atoms with van der Waals surface area (Å²) >= 11 is 0. The quantitative estimate of drug-likeness (QED) is 0.154. The van der Waals surface area contributed by atoms with Crippen molar-refractivity contribution in [2.75, 3.05) is 4.90 Å². The molecule has 14 rings (SSSR count). The maximum Gasteiger partial charge on any atom is 0.0726 e. The Morgan fingerprint density at radius 2 is 0.609 bits per heavy atom. The van der Waals surface area contributed by atoms with Gasteiger partial charge in [-0.1, -0.05) is 237 Å². The van der Waals surface area contributed by atoms with E-state index in [9.17, 15) is 0 Å². The number of nitrogens with zero attached hydrogens (tertiary/aromatic N) is 1. The third-order valence-corrected chi connectivity index (χ3v) is 15.3. The van der Waals surface area contributed by atoms with Crippen molar-refractivity contribution in [2.24, 2.45) is 0 Å². The van der Waals surface area contributed by atoms with E-state index in [1.807, 2.05) is 0 Å². The molecule has 0 unspecified atom stereocenters. The Balaban J connectivity index is 1.12. The molecule has 1 nitrogen and oxygen atoms in total. The van der Waals surface area contributed by atoms with Crippen molar-refractivity contribution < 1.29 is 0 Å². The Morgan fingerprint density at radius 1 is 0.217 bits per heavy atom. The van der Waals surface area contributed by atoms with E-state index in [4.69, 9.17) is 0 Å². The third kappa shape index (κ3) is 5.53. The van der Waals surface area contributed by atoms with Crippen molar-refractivity contribution in [1.29, 1.82) is 0 Å². The fraction of sp³-hybridized carbons (Fsp3) is 0.0294. The van der Waals surface area contributed by atoms with E-state index in [1.54, 1.807) is 0 Å². The molecule has 11 aromatic rings. The Labute approximate surface area is 403 Å². The van der Waals surface area contributed by atoms with Gasteiger partial charge in [0.25, 0.3) is 0 Å². The normalized spacial score (nSPS) is 13.7. The van der Waals surface area contributed by atoms with Crippen LogP contribution in [0.5, 0.6) is 0 Å². The lowest BCUT2D eigenvalue weighted by Crippen LogP contribution is -2.30. The van der Waals surface area contributed by atoms with E-state index in [0.717, 1.165) is 17.1 Å². The van der Waals surface area contributed by atoms with Gasteiger partial charge in [0.15, 0.2) is 0 Å². The summed E-state index contributed by atoms with van der Waals surface area (Å²) < 4.78 is 0. The van der Waals surface area contributed by atoms with Crippen molar-refractivity contribution in [3.8, 4) is 55.6 Å². The van der Waals surface area contributed by atoms with E-state index in [-0.39, 0.29) is 0 Å². The van der Waals surface area contributed by atoms with Crippen LogP contribution >= 0.6 is 0 Å². The summed E-state index contributed by atoms with van der Waals surface area (Å²) in [6, 6.07) is 102. The van der Waals surface area contributed by atoms with Gasteiger partial charge >= 0.3 is 0 Å². The minimum absolute atomic E-state index is 0.595. The van der Waals surface area contributed by atoms with Gasteiger partial charge in [0, 0.05) is 17.1 Å². The summed E-state index contributed by atoms with van der Waals surface area (Å²) in [5, 5.41) is 0. The van der Waals surface area contributed by atoms with Crippen LogP contribution in [-0.4, -0.2) is 0 Å². The molecule has 322 valence electrons. The molecule has 3 aliphatic rings. The molecule has 1 heteroatoms. The number of fused-ring (bicyclic) bond motifs is 13. The van der Waals surface area contributed by atoms with Gasteiger partial charge in [-0.3, -0.25) is 0 Å². The SMILES string of the molecule is c1ccc(-c2ccc(N(c3ccccc3)c3ccc4c(c3)C3(c5ccccc5-c5ccccc53)c3cc5c(c(-c6ccccc6)c3-4)-c3ccccc3C5(c3ccccc3)c3ccccc3)cc2)cc1. The van der Waals surface area contributed by atoms with Crippen LogP contribution in [0.15, 0.2) is 273 Å². The third-order valence-electron chi connectivity index (χ3n) is 15.3. The first kappa shape index (κ1) is 39.4. The summed E-state index contributed by atoms with van der Waals surface area (Å²) in [4.78, 5) is 2.43. The molecule has 0 N–H and O–H groups in total. The van der Waals surface area contributed by atoms with Crippen LogP contribution in [0.3, 0.4) is 0 Å². The van der Waals surface area contributed by atoms with Crippen LogP contribution in [0.4, 0.5) is 17.1 Å². The first-order valence-electron chi connectivity index (χ1n) is 24.1. The van der Waals surface area contributed by atoms with E-state index in [2.05, 4.69) is 278 Å². The summed E-state index contributed by atoms with van der Waals surface area (Å²) in [6.07, 6.45) is 0.